The highest BCUT2D eigenvalue weighted by Crippen LogP contribution is 2.34. The van der Waals surface area contributed by atoms with Crippen LogP contribution in [0.15, 0.2) is 29.1 Å². The van der Waals surface area contributed by atoms with E-state index in [1.54, 1.807) is 17.6 Å². The maximum absolute atomic E-state index is 12.9. The number of aromatic nitrogens is 2. The van der Waals surface area contributed by atoms with Gasteiger partial charge in [-0.1, -0.05) is 25.0 Å². The first kappa shape index (κ1) is 19.6. The van der Waals surface area contributed by atoms with Gasteiger partial charge >= 0.3 is 5.97 Å². The number of fused-ring (bicyclic) bond motifs is 1. The Morgan fingerprint density at radius 3 is 2.66 bits per heavy atom. The average molecular weight is 397 g/mol. The molecular formula is C22H27N3O4. The van der Waals surface area contributed by atoms with Crippen LogP contribution >= 0.6 is 0 Å². The van der Waals surface area contributed by atoms with Crippen molar-refractivity contribution in [3.63, 3.8) is 0 Å². The van der Waals surface area contributed by atoms with Crippen molar-refractivity contribution in [1.82, 2.24) is 14.9 Å². The number of benzene rings is 1. The molecule has 0 radical (unpaired) electrons. The van der Waals surface area contributed by atoms with Crippen LogP contribution in [0.5, 0.6) is 0 Å². The Morgan fingerprint density at radius 2 is 1.93 bits per heavy atom. The van der Waals surface area contributed by atoms with Gasteiger partial charge in [0.25, 0.3) is 11.5 Å². The molecule has 29 heavy (non-hydrogen) atoms. The van der Waals surface area contributed by atoms with Crippen molar-refractivity contribution in [2.75, 3.05) is 0 Å². The maximum atomic E-state index is 12.9. The lowest BCUT2D eigenvalue weighted by Crippen LogP contribution is -2.40. The lowest BCUT2D eigenvalue weighted by Gasteiger charge is -2.17. The fraction of sp³-hybridized carbons (Fsp3) is 0.545. The van der Waals surface area contributed by atoms with Crippen LogP contribution in [0, 0.1) is 0 Å². The van der Waals surface area contributed by atoms with Crippen LogP contribution in [0.1, 0.15) is 63.7 Å². The summed E-state index contributed by atoms with van der Waals surface area (Å²) < 4.78 is 7.04. The van der Waals surface area contributed by atoms with E-state index in [2.05, 4.69) is 10.3 Å². The zero-order valence-corrected chi connectivity index (χ0v) is 16.7. The second kappa shape index (κ2) is 8.35. The number of rotatable bonds is 7. The molecule has 1 aromatic heterocycles. The van der Waals surface area contributed by atoms with E-state index in [0.717, 1.165) is 38.5 Å². The quantitative estimate of drug-likeness (QED) is 0.726. The minimum atomic E-state index is -0.821. The molecule has 1 heterocycles. The van der Waals surface area contributed by atoms with Crippen LogP contribution in [0.2, 0.25) is 0 Å². The number of para-hydroxylation sites is 1. The Labute approximate surface area is 169 Å². The van der Waals surface area contributed by atoms with Gasteiger partial charge in [-0.2, -0.15) is 0 Å². The largest absolute Gasteiger partial charge is 0.453 e. The lowest BCUT2D eigenvalue weighted by molar-refractivity contribution is -0.155. The topological polar surface area (TPSA) is 90.3 Å². The van der Waals surface area contributed by atoms with E-state index in [1.807, 2.05) is 18.2 Å². The summed E-state index contributed by atoms with van der Waals surface area (Å²) in [6, 6.07) is 7.63. The molecule has 2 aliphatic rings. The number of aryl methyl sites for hydroxylation is 1. The van der Waals surface area contributed by atoms with E-state index in [0.29, 0.717) is 23.1 Å². The van der Waals surface area contributed by atoms with Gasteiger partial charge in [0, 0.05) is 18.5 Å². The predicted octanol–water partition coefficient (Wildman–Crippen LogP) is 2.65. The number of amides is 1. The van der Waals surface area contributed by atoms with Crippen LogP contribution in [0.25, 0.3) is 10.9 Å². The molecule has 7 nitrogen and oxygen atoms in total. The summed E-state index contributed by atoms with van der Waals surface area (Å²) in [6.07, 6.45) is 5.70. The van der Waals surface area contributed by atoms with Crippen molar-refractivity contribution in [2.24, 2.45) is 0 Å². The van der Waals surface area contributed by atoms with Crippen molar-refractivity contribution in [3.05, 3.63) is 40.4 Å². The molecule has 0 bridgehead atoms. The molecule has 1 amide bonds. The van der Waals surface area contributed by atoms with Crippen molar-refractivity contribution < 1.29 is 14.3 Å². The third kappa shape index (κ3) is 4.49. The van der Waals surface area contributed by atoms with Crippen molar-refractivity contribution >= 4 is 22.8 Å². The number of hydrogen-bond donors (Lipinski definition) is 1. The molecule has 4 rings (SSSR count). The predicted molar refractivity (Wildman–Crippen MR) is 109 cm³/mol. The summed E-state index contributed by atoms with van der Waals surface area (Å²) >= 11 is 0. The molecule has 1 unspecified atom stereocenters. The van der Waals surface area contributed by atoms with Gasteiger partial charge in [0.2, 0.25) is 0 Å². The number of esters is 1. The Morgan fingerprint density at radius 1 is 1.21 bits per heavy atom. The highest BCUT2D eigenvalue weighted by atomic mass is 16.5. The molecular weight excluding hydrogens is 370 g/mol. The number of nitrogens with one attached hydrogen (secondary N) is 1. The number of hydrogen-bond acceptors (Lipinski definition) is 5. The van der Waals surface area contributed by atoms with E-state index >= 15 is 0 Å². The van der Waals surface area contributed by atoms with Gasteiger partial charge in [-0.15, -0.1) is 0 Å². The van der Waals surface area contributed by atoms with Crippen LogP contribution in [0.3, 0.4) is 0 Å². The summed E-state index contributed by atoms with van der Waals surface area (Å²) in [5, 5.41) is 3.54. The molecule has 154 valence electrons. The Kier molecular flexibility index (Phi) is 5.65. The van der Waals surface area contributed by atoms with Gasteiger partial charge in [0.1, 0.15) is 5.82 Å². The van der Waals surface area contributed by atoms with Gasteiger partial charge in [0.05, 0.1) is 17.3 Å². The summed E-state index contributed by atoms with van der Waals surface area (Å²) in [6.45, 7) is 1.59. The third-order valence-corrected chi connectivity index (χ3v) is 5.72. The summed E-state index contributed by atoms with van der Waals surface area (Å²) in [4.78, 5) is 42.0. The first-order chi connectivity index (χ1) is 14.0. The zero-order chi connectivity index (χ0) is 20.4. The molecule has 1 aromatic carbocycles. The third-order valence-electron chi connectivity index (χ3n) is 5.72. The SMILES string of the molecule is CC(OC(=O)CCc1nc2ccccc2c(=O)n1C1CC1)C(=O)NC1CCCC1. The number of ether oxygens (including phenoxy) is 1. The molecule has 7 heteroatoms. The second-order valence-electron chi connectivity index (χ2n) is 8.07. The van der Waals surface area contributed by atoms with E-state index < -0.39 is 12.1 Å². The molecule has 2 saturated carbocycles. The Hall–Kier alpha value is -2.70. The minimum Gasteiger partial charge on any atom is -0.453 e. The molecule has 2 fully saturated rings. The fourth-order valence-electron chi connectivity index (χ4n) is 3.99. The molecule has 0 spiro atoms. The summed E-state index contributed by atoms with van der Waals surface area (Å²) in [5.74, 6) is -0.0935. The van der Waals surface area contributed by atoms with E-state index in [1.165, 1.54) is 0 Å². The lowest BCUT2D eigenvalue weighted by atomic mass is 10.2. The average Bonchev–Trinajstić information content (AvgIpc) is 3.41. The zero-order valence-electron chi connectivity index (χ0n) is 16.7. The maximum Gasteiger partial charge on any atom is 0.307 e. The van der Waals surface area contributed by atoms with Crippen LogP contribution in [0.4, 0.5) is 0 Å². The van der Waals surface area contributed by atoms with Gasteiger partial charge in [-0.25, -0.2) is 4.98 Å². The second-order valence-corrected chi connectivity index (χ2v) is 8.07. The fourth-order valence-corrected chi connectivity index (χ4v) is 3.99. The highest BCUT2D eigenvalue weighted by molar-refractivity contribution is 5.83. The van der Waals surface area contributed by atoms with Gasteiger partial charge in [-0.05, 0) is 44.7 Å². The minimum absolute atomic E-state index is 0.0502. The molecule has 2 aliphatic carbocycles. The van der Waals surface area contributed by atoms with E-state index in [9.17, 15) is 14.4 Å². The van der Waals surface area contributed by atoms with Crippen LogP contribution < -0.4 is 10.9 Å². The van der Waals surface area contributed by atoms with Crippen LogP contribution in [-0.4, -0.2) is 33.6 Å². The molecule has 2 aromatic rings. The normalized spacial score (nSPS) is 18.0. The first-order valence-corrected chi connectivity index (χ1v) is 10.5. The summed E-state index contributed by atoms with van der Waals surface area (Å²) in [7, 11) is 0. The standard InChI is InChI=1S/C22H27N3O4/c1-14(21(27)23-15-6-2-3-7-15)29-20(26)13-12-19-24-18-9-5-4-8-17(18)22(28)25(19)16-10-11-16/h4-5,8-9,14-16H,2-3,6-7,10-13H2,1H3,(H,23,27). The van der Waals surface area contributed by atoms with Crippen molar-refractivity contribution in [3.8, 4) is 0 Å². The Bertz CT molecular complexity index is 974. The summed E-state index contributed by atoms with van der Waals surface area (Å²) in [5.41, 5.74) is 0.591. The molecule has 1 N–H and O–H groups in total. The van der Waals surface area contributed by atoms with Gasteiger partial charge in [0.15, 0.2) is 6.10 Å². The first-order valence-electron chi connectivity index (χ1n) is 10.5. The number of carbonyl (C=O) groups excluding carboxylic acids is 2. The van der Waals surface area contributed by atoms with Crippen molar-refractivity contribution in [1.29, 1.82) is 0 Å². The monoisotopic (exact) mass is 397 g/mol. The van der Waals surface area contributed by atoms with E-state index in [-0.39, 0.29) is 30.0 Å². The smallest absolute Gasteiger partial charge is 0.307 e. The van der Waals surface area contributed by atoms with Crippen molar-refractivity contribution in [2.45, 2.75) is 76.5 Å². The van der Waals surface area contributed by atoms with Gasteiger partial charge in [-0.3, -0.25) is 19.0 Å². The molecule has 0 saturated heterocycles. The van der Waals surface area contributed by atoms with Gasteiger partial charge < -0.3 is 10.1 Å². The molecule has 0 aliphatic heterocycles. The van der Waals surface area contributed by atoms with Crippen LogP contribution in [-0.2, 0) is 20.7 Å². The number of carbonyl (C=O) groups is 2. The molecule has 1 atom stereocenters. The van der Waals surface area contributed by atoms with E-state index in [4.69, 9.17) is 4.74 Å². The number of nitrogens with zero attached hydrogens (tertiary/aromatic N) is 2. The highest BCUT2D eigenvalue weighted by Gasteiger charge is 2.29. The Balaban J connectivity index is 1.40.